The molecule has 0 spiro atoms. The van der Waals surface area contributed by atoms with Gasteiger partial charge in [0.25, 0.3) is 0 Å². The smallest absolute Gasteiger partial charge is 0.358 e. The van der Waals surface area contributed by atoms with Crippen LogP contribution in [0.15, 0.2) is 42.6 Å². The Balaban J connectivity index is 2.26. The van der Waals surface area contributed by atoms with Crippen LogP contribution in [0.1, 0.15) is 23.0 Å². The van der Waals surface area contributed by atoms with Gasteiger partial charge in [0.15, 0.2) is 5.69 Å². The molecule has 4 heteroatoms. The van der Waals surface area contributed by atoms with Gasteiger partial charge in [0.2, 0.25) is 0 Å². The lowest BCUT2D eigenvalue weighted by atomic mass is 10.2. The average molecular weight is 245 g/mol. The Kier molecular flexibility index (Phi) is 3.67. The molecular formula is C14H15NO3. The molecule has 1 aromatic heterocycles. The van der Waals surface area contributed by atoms with Gasteiger partial charge in [0, 0.05) is 12.7 Å². The van der Waals surface area contributed by atoms with Crippen molar-refractivity contribution in [3.63, 3.8) is 0 Å². The molecule has 1 heterocycles. The molecule has 0 fully saturated rings. The third kappa shape index (κ3) is 2.53. The Morgan fingerprint density at radius 2 is 2.00 bits per heavy atom. The summed E-state index contributed by atoms with van der Waals surface area (Å²) in [7, 11) is 0. The van der Waals surface area contributed by atoms with E-state index < -0.39 is 5.97 Å². The Bertz CT molecular complexity index is 531. The molecule has 0 radical (unpaired) electrons. The first-order valence-corrected chi connectivity index (χ1v) is 5.81. The van der Waals surface area contributed by atoms with Crippen LogP contribution < -0.4 is 0 Å². The molecule has 2 rings (SSSR count). The lowest BCUT2D eigenvalue weighted by Gasteiger charge is -2.08. The highest BCUT2D eigenvalue weighted by Gasteiger charge is 2.17. The highest BCUT2D eigenvalue weighted by Crippen LogP contribution is 2.20. The number of nitrogens with zero attached hydrogens (tertiary/aromatic N) is 1. The van der Waals surface area contributed by atoms with Gasteiger partial charge in [-0.3, -0.25) is 0 Å². The monoisotopic (exact) mass is 245 g/mol. The third-order valence-corrected chi connectivity index (χ3v) is 2.61. The normalized spacial score (nSPS) is 10.3. The molecule has 94 valence electrons. The molecule has 2 aromatic rings. The molecule has 4 nitrogen and oxygen atoms in total. The molecule has 0 saturated carbocycles. The summed E-state index contributed by atoms with van der Waals surface area (Å²) in [5.74, 6) is -0.555. The van der Waals surface area contributed by atoms with E-state index in [9.17, 15) is 9.90 Å². The van der Waals surface area contributed by atoms with Crippen molar-refractivity contribution in [1.82, 2.24) is 4.57 Å². The number of benzene rings is 1. The van der Waals surface area contributed by atoms with E-state index in [4.69, 9.17) is 4.74 Å². The standard InChI is InChI=1S/C14H15NO3/c1-2-18-14(17)13-12(16)8-9-15(13)10-11-6-4-3-5-7-11/h3-9,16H,2,10H2,1H3. The maximum Gasteiger partial charge on any atom is 0.358 e. The topological polar surface area (TPSA) is 51.5 Å². The first-order chi connectivity index (χ1) is 8.72. The van der Waals surface area contributed by atoms with Gasteiger partial charge >= 0.3 is 5.97 Å². The summed E-state index contributed by atoms with van der Waals surface area (Å²) in [6, 6.07) is 11.2. The zero-order valence-corrected chi connectivity index (χ0v) is 10.2. The number of hydrogen-bond donors (Lipinski definition) is 1. The Morgan fingerprint density at radius 3 is 2.67 bits per heavy atom. The highest BCUT2D eigenvalue weighted by molar-refractivity contribution is 5.90. The van der Waals surface area contributed by atoms with Crippen LogP contribution in [-0.2, 0) is 11.3 Å². The van der Waals surface area contributed by atoms with Crippen molar-refractivity contribution in [2.75, 3.05) is 6.61 Å². The van der Waals surface area contributed by atoms with E-state index in [1.54, 1.807) is 17.7 Å². The summed E-state index contributed by atoms with van der Waals surface area (Å²) in [6.45, 7) is 2.55. The number of ether oxygens (including phenoxy) is 1. The molecule has 0 aliphatic carbocycles. The van der Waals surface area contributed by atoms with Crippen LogP contribution in [0.2, 0.25) is 0 Å². The average Bonchev–Trinajstić information content (AvgIpc) is 2.72. The van der Waals surface area contributed by atoms with Crippen LogP contribution in [-0.4, -0.2) is 22.2 Å². The number of aromatic hydroxyl groups is 1. The summed E-state index contributed by atoms with van der Waals surface area (Å²) in [5.41, 5.74) is 1.25. The second kappa shape index (κ2) is 5.40. The van der Waals surface area contributed by atoms with Crippen molar-refractivity contribution in [2.24, 2.45) is 0 Å². The van der Waals surface area contributed by atoms with Crippen LogP contribution in [0.5, 0.6) is 5.75 Å². The van der Waals surface area contributed by atoms with Gasteiger partial charge in [-0.15, -0.1) is 0 Å². The van der Waals surface area contributed by atoms with Crippen molar-refractivity contribution in [1.29, 1.82) is 0 Å². The SMILES string of the molecule is CCOC(=O)c1c(O)ccn1Cc1ccccc1. The van der Waals surface area contributed by atoms with E-state index >= 15 is 0 Å². The molecule has 0 saturated heterocycles. The van der Waals surface area contributed by atoms with E-state index in [0.717, 1.165) is 5.56 Å². The summed E-state index contributed by atoms with van der Waals surface area (Å²) in [5, 5.41) is 9.68. The fourth-order valence-electron chi connectivity index (χ4n) is 1.79. The van der Waals surface area contributed by atoms with Gasteiger partial charge in [-0.25, -0.2) is 4.79 Å². The minimum Gasteiger partial charge on any atom is -0.505 e. The fourth-order valence-corrected chi connectivity index (χ4v) is 1.79. The first-order valence-electron chi connectivity index (χ1n) is 5.81. The number of aromatic nitrogens is 1. The van der Waals surface area contributed by atoms with Crippen LogP contribution in [0, 0.1) is 0 Å². The molecule has 0 unspecified atom stereocenters. The Hall–Kier alpha value is -2.23. The largest absolute Gasteiger partial charge is 0.505 e. The maximum absolute atomic E-state index is 11.7. The number of rotatable bonds is 4. The van der Waals surface area contributed by atoms with Crippen molar-refractivity contribution in [2.45, 2.75) is 13.5 Å². The summed E-state index contributed by atoms with van der Waals surface area (Å²) in [4.78, 5) is 11.7. The van der Waals surface area contributed by atoms with Crippen molar-refractivity contribution in [3.8, 4) is 5.75 Å². The molecule has 1 aromatic carbocycles. The summed E-state index contributed by atoms with van der Waals surface area (Å²) < 4.78 is 6.61. The van der Waals surface area contributed by atoms with Gasteiger partial charge in [-0.2, -0.15) is 0 Å². The summed E-state index contributed by atoms with van der Waals surface area (Å²) >= 11 is 0. The third-order valence-electron chi connectivity index (χ3n) is 2.61. The van der Waals surface area contributed by atoms with Crippen LogP contribution in [0.25, 0.3) is 0 Å². The Morgan fingerprint density at radius 1 is 1.28 bits per heavy atom. The van der Waals surface area contributed by atoms with Crippen LogP contribution >= 0.6 is 0 Å². The second-order valence-corrected chi connectivity index (χ2v) is 3.88. The number of carbonyl (C=O) groups is 1. The molecule has 1 N–H and O–H groups in total. The van der Waals surface area contributed by atoms with Crippen LogP contribution in [0.3, 0.4) is 0 Å². The lowest BCUT2D eigenvalue weighted by Crippen LogP contribution is -2.12. The van der Waals surface area contributed by atoms with Gasteiger partial charge in [0.1, 0.15) is 5.75 Å². The van der Waals surface area contributed by atoms with E-state index in [-0.39, 0.29) is 18.1 Å². The molecular weight excluding hydrogens is 230 g/mol. The van der Waals surface area contributed by atoms with Gasteiger partial charge in [-0.1, -0.05) is 30.3 Å². The Labute approximate surface area is 105 Å². The van der Waals surface area contributed by atoms with Gasteiger partial charge in [0.05, 0.1) is 6.61 Å². The van der Waals surface area contributed by atoms with E-state index in [1.807, 2.05) is 30.3 Å². The van der Waals surface area contributed by atoms with Gasteiger partial charge in [-0.05, 0) is 18.6 Å². The molecule has 18 heavy (non-hydrogen) atoms. The highest BCUT2D eigenvalue weighted by atomic mass is 16.5. The van der Waals surface area contributed by atoms with Crippen molar-refractivity contribution in [3.05, 3.63) is 53.9 Å². The van der Waals surface area contributed by atoms with Crippen LogP contribution in [0.4, 0.5) is 0 Å². The quantitative estimate of drug-likeness (QED) is 0.841. The van der Waals surface area contributed by atoms with E-state index in [1.165, 1.54) is 6.07 Å². The number of esters is 1. The zero-order chi connectivity index (χ0) is 13.0. The minimum atomic E-state index is -0.504. The molecule has 0 bridgehead atoms. The molecule has 0 aliphatic heterocycles. The minimum absolute atomic E-state index is 0.0515. The van der Waals surface area contributed by atoms with E-state index in [2.05, 4.69) is 0 Å². The summed E-state index contributed by atoms with van der Waals surface area (Å²) in [6.07, 6.45) is 1.68. The lowest BCUT2D eigenvalue weighted by molar-refractivity contribution is 0.0511. The number of carbonyl (C=O) groups excluding carboxylic acids is 1. The second-order valence-electron chi connectivity index (χ2n) is 3.88. The fraction of sp³-hybridized carbons (Fsp3) is 0.214. The van der Waals surface area contributed by atoms with Crippen molar-refractivity contribution < 1.29 is 14.6 Å². The predicted octanol–water partition coefficient (Wildman–Crippen LogP) is 2.42. The predicted molar refractivity (Wildman–Crippen MR) is 67.6 cm³/mol. The molecule has 0 amide bonds. The van der Waals surface area contributed by atoms with Gasteiger partial charge < -0.3 is 14.4 Å². The maximum atomic E-state index is 11.7. The zero-order valence-electron chi connectivity index (χ0n) is 10.2. The van der Waals surface area contributed by atoms with Crippen molar-refractivity contribution >= 4 is 5.97 Å². The van der Waals surface area contributed by atoms with E-state index in [0.29, 0.717) is 6.54 Å². The molecule has 0 atom stereocenters. The number of hydrogen-bond acceptors (Lipinski definition) is 3. The first kappa shape index (κ1) is 12.2. The molecule has 0 aliphatic rings.